The molecule has 0 heterocycles. The molecule has 112 valence electrons. The fourth-order valence-corrected chi connectivity index (χ4v) is 1.55. The van der Waals surface area contributed by atoms with Gasteiger partial charge in [0.05, 0.1) is 0 Å². The molecule has 0 aliphatic heterocycles. The van der Waals surface area contributed by atoms with Crippen molar-refractivity contribution >= 4 is 12.0 Å². The Balaban J connectivity index is 2.69. The van der Waals surface area contributed by atoms with E-state index in [9.17, 15) is 13.6 Å². The monoisotopic (exact) mass is 294 g/mol. The van der Waals surface area contributed by atoms with Crippen LogP contribution in [0.4, 0.5) is 8.78 Å². The number of carbonyl (C=O) groups is 1. The standard InChI is InChI=1S/C15H16F2N2O2/c1-2-21-8-4-7-19-15(20)12(10-18)9-11-5-3-6-13(16)14(11)17/h3,5-6,9H,2,4,7-8H2,1H3,(H,19,20). The summed E-state index contributed by atoms with van der Waals surface area (Å²) in [7, 11) is 0. The van der Waals surface area contributed by atoms with E-state index < -0.39 is 17.5 Å². The fraction of sp³-hybridized carbons (Fsp3) is 0.333. The lowest BCUT2D eigenvalue weighted by atomic mass is 10.1. The fourth-order valence-electron chi connectivity index (χ4n) is 1.55. The number of hydrogen-bond donors (Lipinski definition) is 1. The van der Waals surface area contributed by atoms with Gasteiger partial charge in [0.25, 0.3) is 5.91 Å². The maximum Gasteiger partial charge on any atom is 0.261 e. The van der Waals surface area contributed by atoms with Crippen molar-refractivity contribution in [1.29, 1.82) is 5.26 Å². The molecule has 0 saturated heterocycles. The minimum Gasteiger partial charge on any atom is -0.382 e. The van der Waals surface area contributed by atoms with E-state index in [-0.39, 0.29) is 11.1 Å². The summed E-state index contributed by atoms with van der Waals surface area (Å²) in [6, 6.07) is 5.24. The van der Waals surface area contributed by atoms with Gasteiger partial charge in [0.15, 0.2) is 11.6 Å². The lowest BCUT2D eigenvalue weighted by molar-refractivity contribution is -0.117. The lowest BCUT2D eigenvalue weighted by Crippen LogP contribution is -2.26. The Labute approximate surface area is 122 Å². The van der Waals surface area contributed by atoms with Crippen LogP contribution in [0.25, 0.3) is 6.08 Å². The van der Waals surface area contributed by atoms with Crippen molar-refractivity contribution in [3.05, 3.63) is 41.0 Å². The van der Waals surface area contributed by atoms with Crippen LogP contribution in [0.2, 0.25) is 0 Å². The molecular weight excluding hydrogens is 278 g/mol. The third-order valence-electron chi connectivity index (χ3n) is 2.60. The molecule has 1 aromatic carbocycles. The van der Waals surface area contributed by atoms with Gasteiger partial charge in [-0.15, -0.1) is 0 Å². The molecular formula is C15H16F2N2O2. The summed E-state index contributed by atoms with van der Waals surface area (Å²) in [4.78, 5) is 11.7. The van der Waals surface area contributed by atoms with Crippen molar-refractivity contribution < 1.29 is 18.3 Å². The molecule has 4 nitrogen and oxygen atoms in total. The van der Waals surface area contributed by atoms with Gasteiger partial charge in [0.1, 0.15) is 11.6 Å². The van der Waals surface area contributed by atoms with Gasteiger partial charge < -0.3 is 10.1 Å². The zero-order valence-electron chi connectivity index (χ0n) is 11.7. The minimum atomic E-state index is -1.09. The van der Waals surface area contributed by atoms with E-state index in [1.54, 1.807) is 6.07 Å². The first kappa shape index (κ1) is 16.8. The molecule has 1 aromatic rings. The number of nitrogens with one attached hydrogen (secondary N) is 1. The first-order valence-electron chi connectivity index (χ1n) is 6.52. The first-order chi connectivity index (χ1) is 10.1. The number of benzene rings is 1. The van der Waals surface area contributed by atoms with Gasteiger partial charge in [0.2, 0.25) is 0 Å². The second kappa shape index (κ2) is 8.82. The van der Waals surface area contributed by atoms with Gasteiger partial charge in [-0.05, 0) is 25.5 Å². The summed E-state index contributed by atoms with van der Waals surface area (Å²) in [5.41, 5.74) is -0.424. The predicted molar refractivity (Wildman–Crippen MR) is 74.1 cm³/mol. The molecule has 0 bridgehead atoms. The normalized spacial score (nSPS) is 11.0. The molecule has 0 aliphatic rings. The average molecular weight is 294 g/mol. The third kappa shape index (κ3) is 5.32. The highest BCUT2D eigenvalue weighted by molar-refractivity contribution is 6.01. The molecule has 0 radical (unpaired) electrons. The second-order valence-corrected chi connectivity index (χ2v) is 4.12. The Morgan fingerprint density at radius 1 is 1.48 bits per heavy atom. The number of ether oxygens (including phenoxy) is 1. The number of halogens is 2. The molecule has 0 unspecified atom stereocenters. The number of rotatable bonds is 7. The Kier molecular flexibility index (Phi) is 7.05. The Morgan fingerprint density at radius 3 is 2.90 bits per heavy atom. The van der Waals surface area contributed by atoms with E-state index in [1.807, 2.05) is 6.92 Å². The van der Waals surface area contributed by atoms with Crippen molar-refractivity contribution in [3.8, 4) is 6.07 Å². The summed E-state index contributed by atoms with van der Waals surface area (Å²) in [5.74, 6) is -2.75. The van der Waals surface area contributed by atoms with E-state index in [0.29, 0.717) is 26.2 Å². The molecule has 0 aliphatic carbocycles. The van der Waals surface area contributed by atoms with Gasteiger partial charge in [-0.3, -0.25) is 4.79 Å². The maximum absolute atomic E-state index is 13.5. The highest BCUT2D eigenvalue weighted by atomic mass is 19.2. The van der Waals surface area contributed by atoms with Crippen LogP contribution in [-0.4, -0.2) is 25.7 Å². The van der Waals surface area contributed by atoms with Crippen molar-refractivity contribution in [1.82, 2.24) is 5.32 Å². The molecule has 0 fully saturated rings. The zero-order chi connectivity index (χ0) is 15.7. The van der Waals surface area contributed by atoms with Crippen molar-refractivity contribution in [2.24, 2.45) is 0 Å². The summed E-state index contributed by atoms with van der Waals surface area (Å²) >= 11 is 0. The van der Waals surface area contributed by atoms with Gasteiger partial charge in [0, 0.05) is 25.3 Å². The summed E-state index contributed by atoms with van der Waals surface area (Å²) in [6.45, 7) is 3.29. The molecule has 21 heavy (non-hydrogen) atoms. The SMILES string of the molecule is CCOCCCNC(=O)C(C#N)=Cc1cccc(F)c1F. The van der Waals surface area contributed by atoms with Gasteiger partial charge in [-0.1, -0.05) is 12.1 Å². The number of carbonyl (C=O) groups excluding carboxylic acids is 1. The van der Waals surface area contributed by atoms with E-state index >= 15 is 0 Å². The number of nitriles is 1. The lowest BCUT2D eigenvalue weighted by Gasteiger charge is -2.05. The number of amides is 1. The quantitative estimate of drug-likeness (QED) is 0.477. The molecule has 0 spiro atoms. The number of hydrogen-bond acceptors (Lipinski definition) is 3. The van der Waals surface area contributed by atoms with Crippen molar-refractivity contribution in [2.75, 3.05) is 19.8 Å². The highest BCUT2D eigenvalue weighted by Crippen LogP contribution is 2.14. The van der Waals surface area contributed by atoms with Crippen LogP contribution in [0, 0.1) is 23.0 Å². The van der Waals surface area contributed by atoms with Crippen molar-refractivity contribution in [3.63, 3.8) is 0 Å². The largest absolute Gasteiger partial charge is 0.382 e. The topological polar surface area (TPSA) is 62.1 Å². The van der Waals surface area contributed by atoms with E-state index in [0.717, 1.165) is 12.1 Å². The molecule has 1 N–H and O–H groups in total. The maximum atomic E-state index is 13.5. The van der Waals surface area contributed by atoms with Gasteiger partial charge in [-0.2, -0.15) is 5.26 Å². The van der Waals surface area contributed by atoms with Crippen LogP contribution in [0.3, 0.4) is 0 Å². The summed E-state index contributed by atoms with van der Waals surface area (Å²) in [6.07, 6.45) is 1.63. The number of nitrogens with zero attached hydrogens (tertiary/aromatic N) is 1. The van der Waals surface area contributed by atoms with Crippen LogP contribution in [0.1, 0.15) is 18.9 Å². The molecule has 6 heteroatoms. The van der Waals surface area contributed by atoms with Crippen LogP contribution in [0.5, 0.6) is 0 Å². The predicted octanol–water partition coefficient (Wildman–Crippen LogP) is 2.41. The van der Waals surface area contributed by atoms with Crippen LogP contribution >= 0.6 is 0 Å². The minimum absolute atomic E-state index is 0.143. The Bertz CT molecular complexity index is 565. The molecule has 0 atom stereocenters. The second-order valence-electron chi connectivity index (χ2n) is 4.12. The molecule has 0 aromatic heterocycles. The van der Waals surface area contributed by atoms with Crippen molar-refractivity contribution in [2.45, 2.75) is 13.3 Å². The van der Waals surface area contributed by atoms with Crippen LogP contribution in [0.15, 0.2) is 23.8 Å². The van der Waals surface area contributed by atoms with Gasteiger partial charge >= 0.3 is 0 Å². The van der Waals surface area contributed by atoms with E-state index in [1.165, 1.54) is 12.1 Å². The van der Waals surface area contributed by atoms with Crippen LogP contribution < -0.4 is 5.32 Å². The molecule has 1 amide bonds. The van der Waals surface area contributed by atoms with Gasteiger partial charge in [-0.25, -0.2) is 8.78 Å². The van der Waals surface area contributed by atoms with E-state index in [4.69, 9.17) is 10.00 Å². The van der Waals surface area contributed by atoms with Crippen LogP contribution in [-0.2, 0) is 9.53 Å². The molecule has 0 saturated carbocycles. The first-order valence-corrected chi connectivity index (χ1v) is 6.52. The highest BCUT2D eigenvalue weighted by Gasteiger charge is 2.11. The smallest absolute Gasteiger partial charge is 0.261 e. The average Bonchev–Trinajstić information content (AvgIpc) is 2.48. The zero-order valence-corrected chi connectivity index (χ0v) is 11.7. The summed E-state index contributed by atoms with van der Waals surface area (Å²) < 4.78 is 31.6. The third-order valence-corrected chi connectivity index (χ3v) is 2.60. The Morgan fingerprint density at radius 2 is 2.24 bits per heavy atom. The van der Waals surface area contributed by atoms with E-state index in [2.05, 4.69) is 5.32 Å². The Hall–Kier alpha value is -2.26. The molecule has 1 rings (SSSR count). The summed E-state index contributed by atoms with van der Waals surface area (Å²) in [5, 5.41) is 11.5.